The molecular formula is C15H27N5. The van der Waals surface area contributed by atoms with Gasteiger partial charge in [-0.15, -0.1) is 0 Å². The highest BCUT2D eigenvalue weighted by Crippen LogP contribution is 2.07. The number of aryl methyl sites for hydroxylation is 1. The van der Waals surface area contributed by atoms with Gasteiger partial charge >= 0.3 is 0 Å². The second-order valence-corrected chi connectivity index (χ2v) is 5.10. The third-order valence-electron chi connectivity index (χ3n) is 3.17. The van der Waals surface area contributed by atoms with Crippen molar-refractivity contribution in [2.45, 2.75) is 26.3 Å². The summed E-state index contributed by atoms with van der Waals surface area (Å²) in [4.78, 5) is 2.40. The van der Waals surface area contributed by atoms with E-state index >= 15 is 0 Å². The first-order valence-electron chi connectivity index (χ1n) is 7.17. The third-order valence-corrected chi connectivity index (χ3v) is 3.17. The molecule has 0 aromatic heterocycles. The number of nitrogens with two attached hydrogens (primary N) is 2. The number of benzene rings is 1. The molecule has 0 heterocycles. The monoisotopic (exact) mass is 277 g/mol. The SMILES string of the molecule is Cc1ccc(CN(CCCN)CCCNC(=N)N)cc1. The molecule has 0 aliphatic carbocycles. The number of nitrogens with one attached hydrogen (secondary N) is 2. The van der Waals surface area contributed by atoms with Crippen LogP contribution in [0.15, 0.2) is 24.3 Å². The van der Waals surface area contributed by atoms with Gasteiger partial charge in [-0.1, -0.05) is 29.8 Å². The zero-order chi connectivity index (χ0) is 14.8. The maximum atomic E-state index is 7.13. The summed E-state index contributed by atoms with van der Waals surface area (Å²) in [6.45, 7) is 6.49. The van der Waals surface area contributed by atoms with E-state index in [9.17, 15) is 0 Å². The van der Waals surface area contributed by atoms with Gasteiger partial charge in [0.1, 0.15) is 0 Å². The van der Waals surface area contributed by atoms with Crippen molar-refractivity contribution >= 4 is 5.96 Å². The Balaban J connectivity index is 2.42. The van der Waals surface area contributed by atoms with E-state index in [-0.39, 0.29) is 5.96 Å². The first kappa shape index (κ1) is 16.5. The molecule has 0 fully saturated rings. The van der Waals surface area contributed by atoms with Crippen LogP contribution in [0.2, 0.25) is 0 Å². The lowest BCUT2D eigenvalue weighted by Crippen LogP contribution is -2.34. The van der Waals surface area contributed by atoms with Gasteiger partial charge in [-0.25, -0.2) is 0 Å². The molecular weight excluding hydrogens is 250 g/mol. The predicted octanol–water partition coefficient (Wildman–Crippen LogP) is 1.02. The van der Waals surface area contributed by atoms with Gasteiger partial charge in [-0.2, -0.15) is 0 Å². The molecule has 0 amide bonds. The standard InChI is InChI=1S/C15H27N5/c1-13-4-6-14(7-5-13)12-20(10-2-8-16)11-3-9-19-15(17)18/h4-7H,2-3,8-12,16H2,1H3,(H4,17,18,19). The molecule has 0 bridgehead atoms. The summed E-state index contributed by atoms with van der Waals surface area (Å²) in [7, 11) is 0. The molecule has 1 aromatic rings. The average molecular weight is 277 g/mol. The largest absolute Gasteiger partial charge is 0.370 e. The van der Waals surface area contributed by atoms with E-state index in [2.05, 4.69) is 41.4 Å². The lowest BCUT2D eigenvalue weighted by molar-refractivity contribution is 0.260. The van der Waals surface area contributed by atoms with E-state index in [1.165, 1.54) is 11.1 Å². The van der Waals surface area contributed by atoms with Crippen LogP contribution in [0.5, 0.6) is 0 Å². The fourth-order valence-corrected chi connectivity index (χ4v) is 2.06. The maximum absolute atomic E-state index is 7.13. The Morgan fingerprint density at radius 3 is 2.45 bits per heavy atom. The van der Waals surface area contributed by atoms with Crippen LogP contribution in [0.4, 0.5) is 0 Å². The van der Waals surface area contributed by atoms with Gasteiger partial charge in [-0.3, -0.25) is 10.3 Å². The summed E-state index contributed by atoms with van der Waals surface area (Å²) in [6.07, 6.45) is 1.97. The van der Waals surface area contributed by atoms with Crippen LogP contribution in [0.1, 0.15) is 24.0 Å². The molecule has 0 saturated carbocycles. The van der Waals surface area contributed by atoms with Gasteiger partial charge in [0.2, 0.25) is 0 Å². The third kappa shape index (κ3) is 7.11. The van der Waals surface area contributed by atoms with E-state index in [1.807, 2.05) is 0 Å². The highest BCUT2D eigenvalue weighted by Gasteiger charge is 2.05. The highest BCUT2D eigenvalue weighted by molar-refractivity contribution is 5.74. The van der Waals surface area contributed by atoms with Crippen molar-refractivity contribution in [3.63, 3.8) is 0 Å². The lowest BCUT2D eigenvalue weighted by Gasteiger charge is -2.22. The van der Waals surface area contributed by atoms with Gasteiger partial charge in [0, 0.05) is 19.6 Å². The van der Waals surface area contributed by atoms with E-state index in [1.54, 1.807) is 0 Å². The minimum absolute atomic E-state index is 0.0389. The Morgan fingerprint density at radius 2 is 1.85 bits per heavy atom. The second-order valence-electron chi connectivity index (χ2n) is 5.10. The molecule has 0 aliphatic rings. The van der Waals surface area contributed by atoms with Crippen molar-refractivity contribution < 1.29 is 0 Å². The van der Waals surface area contributed by atoms with Crippen molar-refractivity contribution in [1.29, 1.82) is 5.41 Å². The van der Waals surface area contributed by atoms with E-state index in [0.717, 1.165) is 45.6 Å². The summed E-state index contributed by atoms with van der Waals surface area (Å²) in [5.41, 5.74) is 13.5. The van der Waals surface area contributed by atoms with Crippen molar-refractivity contribution in [3.8, 4) is 0 Å². The fraction of sp³-hybridized carbons (Fsp3) is 0.533. The lowest BCUT2D eigenvalue weighted by atomic mass is 10.1. The van der Waals surface area contributed by atoms with Crippen LogP contribution in [0, 0.1) is 12.3 Å². The molecule has 6 N–H and O–H groups in total. The molecule has 20 heavy (non-hydrogen) atoms. The molecule has 5 nitrogen and oxygen atoms in total. The smallest absolute Gasteiger partial charge is 0.185 e. The first-order valence-corrected chi connectivity index (χ1v) is 7.17. The highest BCUT2D eigenvalue weighted by atomic mass is 15.1. The van der Waals surface area contributed by atoms with E-state index < -0.39 is 0 Å². The number of hydrogen-bond acceptors (Lipinski definition) is 3. The summed E-state index contributed by atoms with van der Waals surface area (Å²) in [6, 6.07) is 8.65. The molecule has 0 radical (unpaired) electrons. The van der Waals surface area contributed by atoms with Crippen LogP contribution in [-0.4, -0.2) is 37.0 Å². The van der Waals surface area contributed by atoms with Gasteiger partial charge in [-0.05, 0) is 38.4 Å². The molecule has 5 heteroatoms. The molecule has 0 saturated heterocycles. The summed E-state index contributed by atoms with van der Waals surface area (Å²) >= 11 is 0. The summed E-state index contributed by atoms with van der Waals surface area (Å²) in [5.74, 6) is 0.0389. The van der Waals surface area contributed by atoms with Crippen molar-refractivity contribution in [2.24, 2.45) is 11.5 Å². The zero-order valence-electron chi connectivity index (χ0n) is 12.4. The van der Waals surface area contributed by atoms with E-state index in [0.29, 0.717) is 0 Å². The van der Waals surface area contributed by atoms with Crippen LogP contribution >= 0.6 is 0 Å². The van der Waals surface area contributed by atoms with Crippen LogP contribution < -0.4 is 16.8 Å². The van der Waals surface area contributed by atoms with Gasteiger partial charge in [0.15, 0.2) is 5.96 Å². The van der Waals surface area contributed by atoms with Crippen LogP contribution in [0.25, 0.3) is 0 Å². The molecule has 0 atom stereocenters. The number of nitrogens with zero attached hydrogens (tertiary/aromatic N) is 1. The van der Waals surface area contributed by atoms with Gasteiger partial charge < -0.3 is 16.8 Å². The van der Waals surface area contributed by atoms with Crippen molar-refractivity contribution in [3.05, 3.63) is 35.4 Å². The molecule has 0 aliphatic heterocycles. The predicted molar refractivity (Wildman–Crippen MR) is 84.7 cm³/mol. The molecule has 1 aromatic carbocycles. The minimum atomic E-state index is 0.0389. The Bertz CT molecular complexity index is 388. The topological polar surface area (TPSA) is 91.2 Å². The summed E-state index contributed by atoms with van der Waals surface area (Å²) < 4.78 is 0. The van der Waals surface area contributed by atoms with Crippen molar-refractivity contribution in [2.75, 3.05) is 26.2 Å². The maximum Gasteiger partial charge on any atom is 0.185 e. The normalized spacial score (nSPS) is 10.8. The Kier molecular flexibility index (Phi) is 7.69. The van der Waals surface area contributed by atoms with Gasteiger partial charge in [0.05, 0.1) is 0 Å². The zero-order valence-corrected chi connectivity index (χ0v) is 12.4. The number of hydrogen-bond donors (Lipinski definition) is 4. The molecule has 0 spiro atoms. The first-order chi connectivity index (χ1) is 9.61. The van der Waals surface area contributed by atoms with Crippen molar-refractivity contribution in [1.82, 2.24) is 10.2 Å². The van der Waals surface area contributed by atoms with Gasteiger partial charge in [0.25, 0.3) is 0 Å². The quantitative estimate of drug-likeness (QED) is 0.308. The number of rotatable bonds is 9. The minimum Gasteiger partial charge on any atom is -0.370 e. The van der Waals surface area contributed by atoms with Crippen LogP contribution in [0.3, 0.4) is 0 Å². The Labute approximate surface area is 121 Å². The molecule has 0 unspecified atom stereocenters. The number of guanidine groups is 1. The Hall–Kier alpha value is -1.59. The average Bonchev–Trinajstić information content (AvgIpc) is 2.42. The second kappa shape index (κ2) is 9.34. The summed E-state index contributed by atoms with van der Waals surface area (Å²) in [5, 5.41) is 9.96. The molecule has 1 rings (SSSR count). The Morgan fingerprint density at radius 1 is 1.20 bits per heavy atom. The van der Waals surface area contributed by atoms with Crippen LogP contribution in [-0.2, 0) is 6.54 Å². The fourth-order valence-electron chi connectivity index (χ4n) is 2.06. The molecule has 112 valence electrons. The van der Waals surface area contributed by atoms with E-state index in [4.69, 9.17) is 16.9 Å².